The second-order valence-corrected chi connectivity index (χ2v) is 3.43. The zero-order valence-electron chi connectivity index (χ0n) is 9.20. The highest BCUT2D eigenvalue weighted by Crippen LogP contribution is 2.29. The van der Waals surface area contributed by atoms with E-state index in [1.807, 2.05) is 0 Å². The number of hydrogen-bond acceptors (Lipinski definition) is 5. The lowest BCUT2D eigenvalue weighted by molar-refractivity contribution is -0.385. The fraction of sp³-hybridized carbons (Fsp3) is 0.100. The largest absolute Gasteiger partial charge is 0.270 e. The number of halogens is 2. The van der Waals surface area contributed by atoms with E-state index in [4.69, 9.17) is 5.26 Å². The van der Waals surface area contributed by atoms with Gasteiger partial charge < -0.3 is 0 Å². The molecule has 0 aliphatic heterocycles. The summed E-state index contributed by atoms with van der Waals surface area (Å²) in [6, 6.07) is 4.64. The van der Waals surface area contributed by atoms with Crippen molar-refractivity contribution in [2.45, 2.75) is 6.43 Å². The summed E-state index contributed by atoms with van der Waals surface area (Å²) in [5.74, 6) is -0.182. The SMILES string of the molecule is N#Cc1ncn(-c2ccc([N+](=O)[O-])cc2C(F)F)n1. The number of rotatable bonds is 3. The van der Waals surface area contributed by atoms with Crippen molar-refractivity contribution in [3.05, 3.63) is 46.0 Å². The highest BCUT2D eigenvalue weighted by molar-refractivity contribution is 5.48. The number of nitrogens with zero attached hydrogens (tertiary/aromatic N) is 5. The van der Waals surface area contributed by atoms with Gasteiger partial charge in [0, 0.05) is 12.1 Å². The number of nitro groups is 1. The molecular weight excluding hydrogens is 260 g/mol. The molecule has 1 aromatic heterocycles. The third-order valence-electron chi connectivity index (χ3n) is 2.30. The average Bonchev–Trinajstić information content (AvgIpc) is 2.86. The summed E-state index contributed by atoms with van der Waals surface area (Å²) < 4.78 is 26.8. The van der Waals surface area contributed by atoms with Crippen molar-refractivity contribution in [3.63, 3.8) is 0 Å². The fourth-order valence-corrected chi connectivity index (χ4v) is 1.47. The molecule has 0 spiro atoms. The summed E-state index contributed by atoms with van der Waals surface area (Å²) in [5, 5.41) is 22.8. The number of alkyl halides is 2. The standard InChI is InChI=1S/C10H5F2N5O2/c11-10(12)7-3-6(17(18)19)1-2-8(7)16-5-14-9(4-13)15-16/h1-3,5,10H. The monoisotopic (exact) mass is 265 g/mol. The minimum Gasteiger partial charge on any atom is -0.258 e. The summed E-state index contributed by atoms with van der Waals surface area (Å²) >= 11 is 0. The predicted octanol–water partition coefficient (Wildman–Crippen LogP) is 1.98. The fourth-order valence-electron chi connectivity index (χ4n) is 1.47. The normalized spacial score (nSPS) is 10.4. The van der Waals surface area contributed by atoms with Crippen LogP contribution in [0.2, 0.25) is 0 Å². The molecule has 1 aromatic carbocycles. The Kier molecular flexibility index (Phi) is 3.15. The van der Waals surface area contributed by atoms with Crippen LogP contribution in [0, 0.1) is 21.4 Å². The Hall–Kier alpha value is -2.89. The van der Waals surface area contributed by atoms with Crippen molar-refractivity contribution >= 4 is 5.69 Å². The molecule has 0 radical (unpaired) electrons. The Labute approximate surface area is 104 Å². The lowest BCUT2D eigenvalue weighted by Gasteiger charge is -2.07. The molecule has 0 aliphatic rings. The minimum absolute atomic E-state index is 0.0606. The molecule has 0 saturated heterocycles. The second kappa shape index (κ2) is 4.77. The van der Waals surface area contributed by atoms with E-state index in [2.05, 4.69) is 10.1 Å². The van der Waals surface area contributed by atoms with Gasteiger partial charge in [0.15, 0.2) is 0 Å². The van der Waals surface area contributed by atoms with E-state index in [9.17, 15) is 18.9 Å². The topological polar surface area (TPSA) is 97.6 Å². The molecule has 0 aliphatic carbocycles. The van der Waals surface area contributed by atoms with E-state index in [0.29, 0.717) is 0 Å². The van der Waals surface area contributed by atoms with Gasteiger partial charge in [-0.2, -0.15) is 5.26 Å². The molecule has 2 aromatic rings. The Balaban J connectivity index is 2.57. The number of aromatic nitrogens is 3. The van der Waals surface area contributed by atoms with E-state index < -0.39 is 22.6 Å². The minimum atomic E-state index is -2.91. The number of non-ortho nitro benzene ring substituents is 1. The second-order valence-electron chi connectivity index (χ2n) is 3.43. The summed E-state index contributed by atoms with van der Waals surface area (Å²) in [7, 11) is 0. The first-order valence-corrected chi connectivity index (χ1v) is 4.91. The third kappa shape index (κ3) is 2.37. The summed E-state index contributed by atoms with van der Waals surface area (Å²) in [4.78, 5) is 13.4. The van der Waals surface area contributed by atoms with Gasteiger partial charge in [-0.1, -0.05) is 0 Å². The Morgan fingerprint density at radius 2 is 2.21 bits per heavy atom. The molecule has 2 rings (SSSR count). The van der Waals surface area contributed by atoms with Crippen LogP contribution < -0.4 is 0 Å². The molecule has 96 valence electrons. The van der Waals surface area contributed by atoms with Crippen LogP contribution in [-0.4, -0.2) is 19.7 Å². The number of benzene rings is 1. The van der Waals surface area contributed by atoms with E-state index in [-0.39, 0.29) is 11.5 Å². The highest BCUT2D eigenvalue weighted by Gasteiger charge is 2.19. The highest BCUT2D eigenvalue weighted by atomic mass is 19.3. The maximum Gasteiger partial charge on any atom is 0.270 e. The molecule has 1 heterocycles. The van der Waals surface area contributed by atoms with Crippen LogP contribution in [0.15, 0.2) is 24.5 Å². The smallest absolute Gasteiger partial charge is 0.258 e. The van der Waals surface area contributed by atoms with Crippen LogP contribution in [0.4, 0.5) is 14.5 Å². The summed E-state index contributed by atoms with van der Waals surface area (Å²) in [5.41, 5.74) is -1.06. The molecule has 0 atom stereocenters. The number of nitriles is 1. The summed E-state index contributed by atoms with van der Waals surface area (Å²) in [6.45, 7) is 0. The van der Waals surface area contributed by atoms with Crippen molar-refractivity contribution in [2.75, 3.05) is 0 Å². The first kappa shape index (κ1) is 12.6. The van der Waals surface area contributed by atoms with Crippen LogP contribution in [0.1, 0.15) is 17.8 Å². The molecule has 0 N–H and O–H groups in total. The lowest BCUT2D eigenvalue weighted by Crippen LogP contribution is -2.02. The molecule has 0 unspecified atom stereocenters. The van der Waals surface area contributed by atoms with Crippen molar-refractivity contribution in [1.29, 1.82) is 5.26 Å². The van der Waals surface area contributed by atoms with Crippen LogP contribution in [0.3, 0.4) is 0 Å². The predicted molar refractivity (Wildman–Crippen MR) is 57.7 cm³/mol. The van der Waals surface area contributed by atoms with E-state index in [0.717, 1.165) is 29.2 Å². The van der Waals surface area contributed by atoms with Crippen LogP contribution in [0.5, 0.6) is 0 Å². The van der Waals surface area contributed by atoms with Crippen LogP contribution >= 0.6 is 0 Å². The van der Waals surface area contributed by atoms with Gasteiger partial charge in [-0.3, -0.25) is 10.1 Å². The number of nitro benzene ring substituents is 1. The lowest BCUT2D eigenvalue weighted by atomic mass is 10.1. The van der Waals surface area contributed by atoms with Gasteiger partial charge in [0.25, 0.3) is 17.9 Å². The van der Waals surface area contributed by atoms with Gasteiger partial charge >= 0.3 is 0 Å². The first-order chi connectivity index (χ1) is 9.02. The van der Waals surface area contributed by atoms with Gasteiger partial charge in [0.2, 0.25) is 0 Å². The van der Waals surface area contributed by atoms with Crippen molar-refractivity contribution in [2.24, 2.45) is 0 Å². The van der Waals surface area contributed by atoms with Gasteiger partial charge in [-0.05, 0) is 6.07 Å². The maximum atomic E-state index is 12.9. The van der Waals surface area contributed by atoms with Crippen molar-refractivity contribution in [3.8, 4) is 11.8 Å². The maximum absolute atomic E-state index is 12.9. The molecule has 0 amide bonds. The molecular formula is C10H5F2N5O2. The molecule has 0 saturated carbocycles. The molecule has 0 fully saturated rings. The molecule has 9 heteroatoms. The third-order valence-corrected chi connectivity index (χ3v) is 2.30. The quantitative estimate of drug-likeness (QED) is 0.624. The van der Waals surface area contributed by atoms with Gasteiger partial charge in [0.1, 0.15) is 12.4 Å². The Morgan fingerprint density at radius 3 is 2.74 bits per heavy atom. The zero-order valence-corrected chi connectivity index (χ0v) is 9.20. The Morgan fingerprint density at radius 1 is 1.47 bits per heavy atom. The van der Waals surface area contributed by atoms with E-state index in [1.54, 1.807) is 6.07 Å². The molecule has 0 bridgehead atoms. The van der Waals surface area contributed by atoms with Crippen molar-refractivity contribution < 1.29 is 13.7 Å². The molecule has 7 nitrogen and oxygen atoms in total. The van der Waals surface area contributed by atoms with Gasteiger partial charge in [-0.15, -0.1) is 5.10 Å². The van der Waals surface area contributed by atoms with E-state index >= 15 is 0 Å². The van der Waals surface area contributed by atoms with Crippen molar-refractivity contribution in [1.82, 2.24) is 14.8 Å². The van der Waals surface area contributed by atoms with Gasteiger partial charge in [-0.25, -0.2) is 18.4 Å². The Bertz CT molecular complexity index is 677. The zero-order chi connectivity index (χ0) is 14.0. The van der Waals surface area contributed by atoms with Gasteiger partial charge in [0.05, 0.1) is 16.2 Å². The van der Waals surface area contributed by atoms with E-state index in [1.165, 1.54) is 0 Å². The number of hydrogen-bond donors (Lipinski definition) is 0. The van der Waals surface area contributed by atoms with Crippen LogP contribution in [-0.2, 0) is 0 Å². The summed E-state index contributed by atoms with van der Waals surface area (Å²) in [6.07, 6.45) is -1.82. The first-order valence-electron chi connectivity index (χ1n) is 4.91. The van der Waals surface area contributed by atoms with Crippen LogP contribution in [0.25, 0.3) is 5.69 Å². The average molecular weight is 265 g/mol. The molecule has 19 heavy (non-hydrogen) atoms.